The van der Waals surface area contributed by atoms with E-state index in [1.807, 2.05) is 18.2 Å². The van der Waals surface area contributed by atoms with Crippen LogP contribution in [0.5, 0.6) is 5.75 Å². The van der Waals surface area contributed by atoms with Crippen LogP contribution in [0.1, 0.15) is 12.0 Å². The van der Waals surface area contributed by atoms with Gasteiger partial charge in [0, 0.05) is 10.9 Å². The molecular weight excluding hydrogens is 464 g/mol. The molecule has 1 aliphatic carbocycles. The number of halogens is 2. The van der Waals surface area contributed by atoms with Crippen LogP contribution in [0.4, 0.5) is 0 Å². The Morgan fingerprint density at radius 1 is 0.741 bits per heavy atom. The lowest BCUT2D eigenvalue weighted by atomic mass is 9.98. The lowest BCUT2D eigenvalue weighted by Crippen LogP contribution is -2.26. The number of benzene rings is 3. The van der Waals surface area contributed by atoms with Crippen LogP contribution < -0.4 is 4.74 Å². The molecule has 0 heterocycles. The zero-order valence-corrected chi connectivity index (χ0v) is 17.8. The summed E-state index contributed by atoms with van der Waals surface area (Å²) in [7, 11) is 0. The second-order valence-corrected chi connectivity index (χ2v) is 8.74. The minimum Gasteiger partial charge on any atom is -0.472 e. The van der Waals surface area contributed by atoms with Gasteiger partial charge in [-0.15, -0.1) is 0 Å². The molecule has 0 bridgehead atoms. The summed E-state index contributed by atoms with van der Waals surface area (Å²) in [5.74, 6) is 0.842. The van der Waals surface area contributed by atoms with Crippen molar-refractivity contribution in [2.45, 2.75) is 10.9 Å². The third-order valence-corrected chi connectivity index (χ3v) is 5.82. The third kappa shape index (κ3) is 4.42. The molecule has 1 aliphatic rings. The summed E-state index contributed by atoms with van der Waals surface area (Å²) in [6.45, 7) is 0. The van der Waals surface area contributed by atoms with E-state index in [4.69, 9.17) is 4.74 Å². The average Bonchev–Trinajstić information content (AvgIpc) is 2.70. The fourth-order valence-electron chi connectivity index (χ4n) is 3.07. The van der Waals surface area contributed by atoms with Crippen LogP contribution in [0, 0.1) is 0 Å². The molecule has 3 heteroatoms. The van der Waals surface area contributed by atoms with Crippen molar-refractivity contribution in [3.63, 3.8) is 0 Å². The molecular formula is C24H18Br2O. The van der Waals surface area contributed by atoms with Gasteiger partial charge < -0.3 is 4.74 Å². The molecule has 0 radical (unpaired) electrons. The van der Waals surface area contributed by atoms with Crippen LogP contribution in [0.3, 0.4) is 0 Å². The highest BCUT2D eigenvalue weighted by atomic mass is 79.9. The molecule has 0 fully saturated rings. The van der Waals surface area contributed by atoms with Crippen molar-refractivity contribution in [1.29, 1.82) is 0 Å². The molecule has 0 saturated heterocycles. The maximum atomic E-state index is 6.21. The number of rotatable bonds is 4. The van der Waals surface area contributed by atoms with Crippen molar-refractivity contribution in [3.8, 4) is 16.9 Å². The van der Waals surface area contributed by atoms with Crippen molar-refractivity contribution < 1.29 is 4.74 Å². The zero-order valence-electron chi connectivity index (χ0n) is 14.6. The van der Waals surface area contributed by atoms with Gasteiger partial charge >= 0.3 is 0 Å². The molecule has 1 nitrogen and oxygen atoms in total. The Morgan fingerprint density at radius 2 is 1.37 bits per heavy atom. The Labute approximate surface area is 176 Å². The molecule has 4 rings (SSSR count). The second-order valence-electron chi connectivity index (χ2n) is 6.48. The van der Waals surface area contributed by atoms with Gasteiger partial charge in [0.05, 0.1) is 0 Å². The Kier molecular flexibility index (Phi) is 5.33. The van der Waals surface area contributed by atoms with Crippen LogP contribution in [-0.4, -0.2) is 4.51 Å². The molecule has 0 spiro atoms. The van der Waals surface area contributed by atoms with Gasteiger partial charge in [0.15, 0.2) is 4.51 Å². The zero-order chi connectivity index (χ0) is 18.7. The van der Waals surface area contributed by atoms with Crippen LogP contribution >= 0.6 is 31.9 Å². The molecule has 0 N–H and O–H groups in total. The van der Waals surface area contributed by atoms with E-state index in [1.54, 1.807) is 0 Å². The lowest BCUT2D eigenvalue weighted by Gasteiger charge is -2.27. The summed E-state index contributed by atoms with van der Waals surface area (Å²) < 4.78 is 6.79. The van der Waals surface area contributed by atoms with E-state index >= 15 is 0 Å². The minimum atomic E-state index is -0.510. The van der Waals surface area contributed by atoms with Gasteiger partial charge in [-0.3, -0.25) is 0 Å². The summed E-state index contributed by atoms with van der Waals surface area (Å²) in [6.07, 6.45) is 7.17. The van der Waals surface area contributed by atoms with E-state index in [-0.39, 0.29) is 0 Å². The Balaban J connectivity index is 1.46. The number of allylic oxidation sites excluding steroid dienone is 2. The summed E-state index contributed by atoms with van der Waals surface area (Å²) in [5.41, 5.74) is 4.80. The van der Waals surface area contributed by atoms with Crippen LogP contribution in [0.15, 0.2) is 102 Å². The maximum Gasteiger partial charge on any atom is 0.185 e. The predicted octanol–water partition coefficient (Wildman–Crippen LogP) is 7.63. The number of ether oxygens (including phenoxy) is 1. The maximum absolute atomic E-state index is 6.21. The van der Waals surface area contributed by atoms with E-state index in [1.165, 1.54) is 22.3 Å². The third-order valence-electron chi connectivity index (χ3n) is 4.54. The number of hydrogen-bond donors (Lipinski definition) is 0. The Bertz CT molecular complexity index is 973. The van der Waals surface area contributed by atoms with E-state index in [0.717, 1.165) is 16.6 Å². The largest absolute Gasteiger partial charge is 0.472 e. The number of hydrogen-bond acceptors (Lipinski definition) is 1. The lowest BCUT2D eigenvalue weighted by molar-refractivity contribution is 0.225. The second kappa shape index (κ2) is 7.87. The average molecular weight is 482 g/mol. The first-order valence-electron chi connectivity index (χ1n) is 8.80. The van der Waals surface area contributed by atoms with Gasteiger partial charge in [-0.05, 0) is 68.5 Å². The van der Waals surface area contributed by atoms with Crippen LogP contribution in [-0.2, 0) is 0 Å². The Hall–Kier alpha value is -2.10. The molecule has 3 aromatic rings. The summed E-state index contributed by atoms with van der Waals surface area (Å²) in [4.78, 5) is 0. The normalized spacial score (nSPS) is 18.8. The smallest absolute Gasteiger partial charge is 0.185 e. The summed E-state index contributed by atoms with van der Waals surface area (Å²) in [6, 6.07) is 26.9. The van der Waals surface area contributed by atoms with Crippen molar-refractivity contribution in [3.05, 3.63) is 107 Å². The van der Waals surface area contributed by atoms with Crippen molar-refractivity contribution in [2.24, 2.45) is 0 Å². The summed E-state index contributed by atoms with van der Waals surface area (Å²) in [5, 5.41) is 0. The van der Waals surface area contributed by atoms with Crippen molar-refractivity contribution in [1.82, 2.24) is 0 Å². The monoisotopic (exact) mass is 480 g/mol. The highest BCUT2D eigenvalue weighted by Gasteiger charge is 2.27. The van der Waals surface area contributed by atoms with E-state index in [9.17, 15) is 0 Å². The molecule has 0 aliphatic heterocycles. The van der Waals surface area contributed by atoms with E-state index < -0.39 is 4.51 Å². The van der Waals surface area contributed by atoms with E-state index in [2.05, 4.69) is 111 Å². The standard InChI is InChI=1S/C24H18Br2O/c25-22-10-6-19(7-11-22)20-8-12-23(13-9-20)27-24(26)16-14-21(15-17-24)18-4-2-1-3-5-18/h1-16H,17H2. The van der Waals surface area contributed by atoms with Crippen LogP contribution in [0.2, 0.25) is 0 Å². The molecule has 3 aromatic carbocycles. The Morgan fingerprint density at radius 3 is 1.96 bits per heavy atom. The highest BCUT2D eigenvalue weighted by Crippen LogP contribution is 2.36. The fraction of sp³-hybridized carbons (Fsp3) is 0.0833. The first kappa shape index (κ1) is 18.3. The number of alkyl halides is 1. The van der Waals surface area contributed by atoms with E-state index in [0.29, 0.717) is 0 Å². The van der Waals surface area contributed by atoms with Crippen molar-refractivity contribution >= 4 is 37.4 Å². The first-order valence-corrected chi connectivity index (χ1v) is 10.4. The van der Waals surface area contributed by atoms with Crippen molar-refractivity contribution in [2.75, 3.05) is 0 Å². The van der Waals surface area contributed by atoms with Gasteiger partial charge in [-0.2, -0.15) is 0 Å². The molecule has 27 heavy (non-hydrogen) atoms. The van der Waals surface area contributed by atoms with Gasteiger partial charge in [-0.1, -0.05) is 82.7 Å². The fourth-order valence-corrected chi connectivity index (χ4v) is 3.82. The topological polar surface area (TPSA) is 9.23 Å². The molecule has 0 amide bonds. The van der Waals surface area contributed by atoms with Gasteiger partial charge in [0.1, 0.15) is 5.75 Å². The van der Waals surface area contributed by atoms with Gasteiger partial charge in [-0.25, -0.2) is 0 Å². The van der Waals surface area contributed by atoms with Crippen LogP contribution in [0.25, 0.3) is 16.7 Å². The minimum absolute atomic E-state index is 0.510. The van der Waals surface area contributed by atoms with Gasteiger partial charge in [0.25, 0.3) is 0 Å². The molecule has 0 aromatic heterocycles. The predicted molar refractivity (Wildman–Crippen MR) is 120 cm³/mol. The quantitative estimate of drug-likeness (QED) is 0.348. The first-order chi connectivity index (χ1) is 13.1. The highest BCUT2D eigenvalue weighted by molar-refractivity contribution is 9.10. The van der Waals surface area contributed by atoms with Gasteiger partial charge in [0.2, 0.25) is 0 Å². The molecule has 1 unspecified atom stereocenters. The molecule has 0 saturated carbocycles. The SMILES string of the molecule is Brc1ccc(-c2ccc(OC3(Br)C=CC(c4ccccc4)=CC3)cc2)cc1. The molecule has 1 atom stereocenters. The summed E-state index contributed by atoms with van der Waals surface area (Å²) >= 11 is 7.22. The molecule has 134 valence electrons.